The van der Waals surface area contributed by atoms with Gasteiger partial charge in [0.05, 0.1) is 6.20 Å². The first-order valence-electron chi connectivity index (χ1n) is 11.9. The summed E-state index contributed by atoms with van der Waals surface area (Å²) in [6, 6.07) is 12.2. The van der Waals surface area contributed by atoms with Crippen LogP contribution < -0.4 is 25.7 Å². The molecule has 16 heteroatoms. The highest BCUT2D eigenvalue weighted by Crippen LogP contribution is 2.41. The van der Waals surface area contributed by atoms with Crippen molar-refractivity contribution in [2.45, 2.75) is 24.2 Å². The molecule has 1 aromatic carbocycles. The number of nitrogen functional groups attached to an aromatic ring is 1. The van der Waals surface area contributed by atoms with E-state index in [0.717, 1.165) is 17.1 Å². The number of pyridine rings is 1. The smallest absolute Gasteiger partial charge is 0.352 e. The van der Waals surface area contributed by atoms with Crippen molar-refractivity contribution < 1.29 is 34.0 Å². The molecule has 3 aromatic rings. The van der Waals surface area contributed by atoms with Gasteiger partial charge in [-0.15, -0.1) is 11.8 Å². The van der Waals surface area contributed by atoms with Crippen molar-refractivity contribution in [2.75, 3.05) is 16.8 Å². The van der Waals surface area contributed by atoms with Crippen LogP contribution in [0.2, 0.25) is 0 Å². The number of fused-ring (bicyclic) bond motifs is 2. The predicted octanol–water partition coefficient (Wildman–Crippen LogP) is 0.528. The van der Waals surface area contributed by atoms with E-state index in [0.29, 0.717) is 22.9 Å². The maximum atomic E-state index is 13.1. The SMILES string of the molecule is Nc1nc(C(=NO)C(=O)NC2C(=O)N3C(C(=O)O)=C(C[n+]4cccc5c4NC(c4ccccc4)O5)CS[C@H]23)ns1. The fourth-order valence-electron chi connectivity index (χ4n) is 4.71. The minimum absolute atomic E-state index is 0.0701. The van der Waals surface area contributed by atoms with Crippen molar-refractivity contribution in [2.24, 2.45) is 5.16 Å². The molecule has 40 heavy (non-hydrogen) atoms. The fourth-order valence-corrected chi connectivity index (χ4v) is 6.48. The summed E-state index contributed by atoms with van der Waals surface area (Å²) in [4.78, 5) is 43.2. The Kier molecular flexibility index (Phi) is 6.47. The van der Waals surface area contributed by atoms with Gasteiger partial charge < -0.3 is 26.1 Å². The first-order chi connectivity index (χ1) is 19.4. The molecule has 2 amide bonds. The second kappa shape index (κ2) is 10.1. The van der Waals surface area contributed by atoms with Crippen molar-refractivity contribution in [1.29, 1.82) is 0 Å². The van der Waals surface area contributed by atoms with E-state index in [-0.39, 0.29) is 23.2 Å². The lowest BCUT2D eigenvalue weighted by molar-refractivity contribution is -0.674. The van der Waals surface area contributed by atoms with E-state index in [4.69, 9.17) is 10.5 Å². The topological polar surface area (TPSA) is 196 Å². The van der Waals surface area contributed by atoms with Crippen LogP contribution in [0.25, 0.3) is 0 Å². The second-order valence-electron chi connectivity index (χ2n) is 8.92. The number of thioether (sulfide) groups is 1. The number of rotatable bonds is 7. The Bertz CT molecular complexity index is 1590. The van der Waals surface area contributed by atoms with Gasteiger partial charge in [0.15, 0.2) is 5.13 Å². The Morgan fingerprint density at radius 1 is 1.27 bits per heavy atom. The summed E-state index contributed by atoms with van der Waals surface area (Å²) in [6.07, 6.45) is 1.41. The van der Waals surface area contributed by atoms with Gasteiger partial charge in [0.2, 0.25) is 17.3 Å². The molecular weight excluding hydrogens is 560 g/mol. The molecule has 5 heterocycles. The molecule has 0 spiro atoms. The molecule has 6 rings (SSSR count). The number of anilines is 2. The lowest BCUT2D eigenvalue weighted by atomic mass is 10.0. The zero-order valence-electron chi connectivity index (χ0n) is 20.4. The Morgan fingerprint density at radius 2 is 2.08 bits per heavy atom. The number of aromatic nitrogens is 3. The van der Waals surface area contributed by atoms with Gasteiger partial charge >= 0.3 is 11.8 Å². The minimum atomic E-state index is -1.25. The number of nitrogens with two attached hydrogens (primary N) is 1. The first-order valence-corrected chi connectivity index (χ1v) is 13.7. The molecule has 3 aliphatic rings. The number of ether oxygens (including phenoxy) is 1. The monoisotopic (exact) mass is 581 g/mol. The predicted molar refractivity (Wildman–Crippen MR) is 142 cm³/mol. The van der Waals surface area contributed by atoms with Gasteiger partial charge in [-0.1, -0.05) is 35.5 Å². The summed E-state index contributed by atoms with van der Waals surface area (Å²) in [5.74, 6) is -1.32. The lowest BCUT2D eigenvalue weighted by Crippen LogP contribution is -2.71. The highest BCUT2D eigenvalue weighted by atomic mass is 32.2. The van der Waals surface area contributed by atoms with E-state index in [1.54, 1.807) is 6.07 Å². The largest absolute Gasteiger partial charge is 0.477 e. The standard InChI is InChI=1S/C24H20N8O6S2/c25-24-27-17(30-40-24)14(29-37)19(33)26-15-21(34)32-16(23(35)36)12(10-39-22(15)32)9-31-8-4-7-13-18(31)28-20(38-13)11-5-2-1-3-6-11/h1-8,15,20,22H,9-10H2,(H5,25,26,27,30,33,35,36,37)/p+1/t15?,20?,22-/m1/s1. The lowest BCUT2D eigenvalue weighted by Gasteiger charge is -2.49. The van der Waals surface area contributed by atoms with E-state index < -0.39 is 41.1 Å². The number of aliphatic carboxylic acids is 1. The zero-order valence-corrected chi connectivity index (χ0v) is 22.1. The minimum Gasteiger partial charge on any atom is -0.477 e. The third kappa shape index (κ3) is 4.36. The van der Waals surface area contributed by atoms with Gasteiger partial charge in [-0.05, 0) is 12.1 Å². The molecule has 0 saturated carbocycles. The van der Waals surface area contributed by atoms with E-state index >= 15 is 0 Å². The summed E-state index contributed by atoms with van der Waals surface area (Å²) in [6.45, 7) is 0.196. The van der Waals surface area contributed by atoms with Crippen LogP contribution in [0.15, 0.2) is 65.1 Å². The van der Waals surface area contributed by atoms with Gasteiger partial charge in [-0.25, -0.2) is 14.7 Å². The molecule has 3 aliphatic heterocycles. The molecule has 1 saturated heterocycles. The summed E-state index contributed by atoms with van der Waals surface area (Å²) >= 11 is 2.13. The number of hydrogen-bond acceptors (Lipinski definition) is 12. The highest BCUT2D eigenvalue weighted by Gasteiger charge is 2.54. The van der Waals surface area contributed by atoms with E-state index in [1.165, 1.54) is 16.7 Å². The summed E-state index contributed by atoms with van der Waals surface area (Å²) in [7, 11) is 0. The Balaban J connectivity index is 1.21. The number of carboxylic acids is 1. The number of hydrogen-bond donors (Lipinski definition) is 5. The number of carbonyl (C=O) groups is 3. The number of carboxylic acid groups (broad SMARTS) is 1. The van der Waals surface area contributed by atoms with Crippen LogP contribution in [0, 0.1) is 0 Å². The van der Waals surface area contributed by atoms with Crippen LogP contribution >= 0.6 is 23.3 Å². The van der Waals surface area contributed by atoms with Gasteiger partial charge in [-0.3, -0.25) is 14.5 Å². The fraction of sp³-hybridized carbons (Fsp3) is 0.208. The summed E-state index contributed by atoms with van der Waals surface area (Å²) in [5.41, 5.74) is 6.36. The molecule has 0 aliphatic carbocycles. The van der Waals surface area contributed by atoms with Gasteiger partial charge in [0, 0.05) is 28.4 Å². The third-order valence-corrected chi connectivity index (χ3v) is 8.40. The second-order valence-corrected chi connectivity index (χ2v) is 10.8. The molecule has 1 fully saturated rings. The third-order valence-electron chi connectivity index (χ3n) is 6.52. The molecule has 0 radical (unpaired) electrons. The van der Waals surface area contributed by atoms with Crippen LogP contribution in [-0.4, -0.2) is 65.2 Å². The maximum Gasteiger partial charge on any atom is 0.352 e. The van der Waals surface area contributed by atoms with Crippen molar-refractivity contribution >= 4 is 57.7 Å². The molecular formula is C24H21N8O6S2+. The average Bonchev–Trinajstić information content (AvgIpc) is 3.59. The number of amides is 2. The average molecular weight is 582 g/mol. The molecule has 3 atom stereocenters. The van der Waals surface area contributed by atoms with Crippen molar-refractivity contribution in [1.82, 2.24) is 19.6 Å². The van der Waals surface area contributed by atoms with Crippen LogP contribution in [0.5, 0.6) is 5.75 Å². The van der Waals surface area contributed by atoms with E-state index in [9.17, 15) is 24.7 Å². The number of nitrogens with one attached hydrogen (secondary N) is 2. The zero-order chi connectivity index (χ0) is 28.0. The number of β-lactam (4-membered cyclic amide) rings is 1. The quantitative estimate of drug-likeness (QED) is 0.0858. The normalized spacial score (nSPS) is 21.6. The van der Waals surface area contributed by atoms with Crippen LogP contribution in [-0.2, 0) is 20.9 Å². The Hall–Kier alpha value is -4.70. The summed E-state index contributed by atoms with van der Waals surface area (Å²) < 4.78 is 11.7. The van der Waals surface area contributed by atoms with Crippen molar-refractivity contribution in [3.8, 4) is 5.75 Å². The van der Waals surface area contributed by atoms with Crippen LogP contribution in [0.3, 0.4) is 0 Å². The maximum absolute atomic E-state index is 13.1. The Labute approximate surface area is 234 Å². The van der Waals surface area contributed by atoms with Gasteiger partial charge in [-0.2, -0.15) is 9.36 Å². The van der Waals surface area contributed by atoms with Crippen molar-refractivity contribution in [3.05, 3.63) is 71.3 Å². The molecule has 0 bridgehead atoms. The molecule has 14 nitrogen and oxygen atoms in total. The number of carbonyl (C=O) groups excluding carboxylic acids is 2. The van der Waals surface area contributed by atoms with E-state index in [1.807, 2.05) is 47.2 Å². The van der Waals surface area contributed by atoms with Gasteiger partial charge in [0.25, 0.3) is 18.0 Å². The molecule has 6 N–H and O–H groups in total. The van der Waals surface area contributed by atoms with Crippen LogP contribution in [0.1, 0.15) is 17.6 Å². The van der Waals surface area contributed by atoms with Crippen LogP contribution in [0.4, 0.5) is 10.9 Å². The highest BCUT2D eigenvalue weighted by molar-refractivity contribution is 8.00. The number of oxime groups is 1. The molecule has 2 aromatic heterocycles. The van der Waals surface area contributed by atoms with E-state index in [2.05, 4.69) is 25.1 Å². The van der Waals surface area contributed by atoms with Gasteiger partial charge in [0.1, 0.15) is 23.7 Å². The number of nitrogens with zero attached hydrogens (tertiary/aromatic N) is 5. The van der Waals surface area contributed by atoms with Crippen molar-refractivity contribution in [3.63, 3.8) is 0 Å². The Morgan fingerprint density at radius 3 is 2.77 bits per heavy atom. The molecule has 204 valence electrons. The number of benzene rings is 1. The first kappa shape index (κ1) is 25.6. The summed E-state index contributed by atoms with van der Waals surface area (Å²) in [5, 5.41) is 27.6. The molecule has 2 unspecified atom stereocenters.